The number of ether oxygens (including phenoxy) is 1. The van der Waals surface area contributed by atoms with E-state index in [9.17, 15) is 0 Å². The summed E-state index contributed by atoms with van der Waals surface area (Å²) in [6.45, 7) is 5.81. The van der Waals surface area contributed by atoms with Gasteiger partial charge in [0.05, 0.1) is 0 Å². The van der Waals surface area contributed by atoms with E-state index >= 15 is 0 Å². The van der Waals surface area contributed by atoms with Gasteiger partial charge in [0.15, 0.2) is 0 Å². The first-order valence-electron chi connectivity index (χ1n) is 4.84. The summed E-state index contributed by atoms with van der Waals surface area (Å²) >= 11 is 0. The summed E-state index contributed by atoms with van der Waals surface area (Å²) in [6.07, 6.45) is 3.87. The minimum atomic E-state index is 0.544. The number of methoxy groups -OCH3 is 1. The first-order valence-corrected chi connectivity index (χ1v) is 4.84. The van der Waals surface area contributed by atoms with Crippen molar-refractivity contribution in [2.24, 2.45) is 5.41 Å². The van der Waals surface area contributed by atoms with Crippen LogP contribution in [0.4, 0.5) is 0 Å². The molecule has 0 amide bonds. The molecule has 2 heteroatoms. The van der Waals surface area contributed by atoms with Gasteiger partial charge in [0.25, 0.3) is 0 Å². The zero-order chi connectivity index (χ0) is 9.03. The fraction of sp³-hybridized carbons (Fsp3) is 1.00. The van der Waals surface area contributed by atoms with Crippen molar-refractivity contribution in [1.82, 2.24) is 4.90 Å². The average molecular weight is 171 g/mol. The molecule has 1 aliphatic heterocycles. The van der Waals surface area contributed by atoms with Crippen LogP contribution in [0.1, 0.15) is 26.2 Å². The van der Waals surface area contributed by atoms with Crippen molar-refractivity contribution in [3.63, 3.8) is 0 Å². The summed E-state index contributed by atoms with van der Waals surface area (Å²) in [5.41, 5.74) is 0.544. The van der Waals surface area contributed by atoms with Crippen molar-refractivity contribution in [2.75, 3.05) is 33.9 Å². The highest BCUT2D eigenvalue weighted by Crippen LogP contribution is 2.33. The Morgan fingerprint density at radius 1 is 1.33 bits per heavy atom. The molecule has 1 saturated heterocycles. The maximum absolute atomic E-state index is 5.12. The summed E-state index contributed by atoms with van der Waals surface area (Å²) in [6, 6.07) is 0. The average Bonchev–Trinajstić information content (AvgIpc) is 2.08. The van der Waals surface area contributed by atoms with Crippen molar-refractivity contribution in [1.29, 1.82) is 0 Å². The van der Waals surface area contributed by atoms with E-state index in [1.165, 1.54) is 32.4 Å². The van der Waals surface area contributed by atoms with Crippen LogP contribution in [0.25, 0.3) is 0 Å². The molecule has 0 atom stereocenters. The van der Waals surface area contributed by atoms with Crippen molar-refractivity contribution in [3.05, 3.63) is 0 Å². The van der Waals surface area contributed by atoms with Gasteiger partial charge < -0.3 is 9.64 Å². The minimum Gasteiger partial charge on any atom is -0.385 e. The van der Waals surface area contributed by atoms with Crippen molar-refractivity contribution >= 4 is 0 Å². The highest BCUT2D eigenvalue weighted by Gasteiger charge is 2.27. The highest BCUT2D eigenvalue weighted by atomic mass is 16.5. The molecule has 0 aliphatic carbocycles. The van der Waals surface area contributed by atoms with Gasteiger partial charge >= 0.3 is 0 Å². The normalized spacial score (nSPS) is 24.2. The number of hydrogen-bond donors (Lipinski definition) is 0. The molecule has 0 unspecified atom stereocenters. The van der Waals surface area contributed by atoms with Crippen LogP contribution in [0, 0.1) is 5.41 Å². The van der Waals surface area contributed by atoms with Crippen LogP contribution in [0.3, 0.4) is 0 Å². The maximum Gasteiger partial charge on any atom is 0.0467 e. The second-order valence-electron chi connectivity index (χ2n) is 4.36. The highest BCUT2D eigenvalue weighted by molar-refractivity contribution is 4.80. The predicted octanol–water partition coefficient (Wildman–Crippen LogP) is 1.75. The van der Waals surface area contributed by atoms with E-state index in [-0.39, 0.29) is 0 Å². The van der Waals surface area contributed by atoms with E-state index in [2.05, 4.69) is 18.9 Å². The van der Waals surface area contributed by atoms with Gasteiger partial charge in [-0.05, 0) is 44.8 Å². The molecule has 0 aromatic carbocycles. The van der Waals surface area contributed by atoms with Crippen LogP contribution in [-0.4, -0.2) is 38.8 Å². The smallest absolute Gasteiger partial charge is 0.0467 e. The summed E-state index contributed by atoms with van der Waals surface area (Å²) < 4.78 is 5.12. The van der Waals surface area contributed by atoms with E-state index in [4.69, 9.17) is 4.74 Å². The Labute approximate surface area is 75.9 Å². The van der Waals surface area contributed by atoms with Gasteiger partial charge in [0, 0.05) is 13.7 Å². The lowest BCUT2D eigenvalue weighted by Crippen LogP contribution is -2.36. The quantitative estimate of drug-likeness (QED) is 0.641. The van der Waals surface area contributed by atoms with Crippen LogP contribution in [0.5, 0.6) is 0 Å². The molecule has 0 spiro atoms. The van der Waals surface area contributed by atoms with E-state index in [1.807, 2.05) is 0 Å². The Hall–Kier alpha value is -0.0800. The third-order valence-electron chi connectivity index (χ3n) is 3.10. The van der Waals surface area contributed by atoms with Gasteiger partial charge in [0.1, 0.15) is 0 Å². The Balaban J connectivity index is 2.29. The van der Waals surface area contributed by atoms with E-state index in [0.29, 0.717) is 5.41 Å². The van der Waals surface area contributed by atoms with Crippen LogP contribution in [0.15, 0.2) is 0 Å². The number of nitrogens with zero attached hydrogens (tertiary/aromatic N) is 1. The molecule has 1 heterocycles. The Morgan fingerprint density at radius 3 is 2.42 bits per heavy atom. The molecule has 0 aromatic heterocycles. The van der Waals surface area contributed by atoms with Crippen molar-refractivity contribution in [2.45, 2.75) is 26.2 Å². The summed E-state index contributed by atoms with van der Waals surface area (Å²) in [5.74, 6) is 0. The van der Waals surface area contributed by atoms with Crippen LogP contribution in [-0.2, 0) is 4.74 Å². The predicted molar refractivity (Wildman–Crippen MR) is 51.3 cm³/mol. The van der Waals surface area contributed by atoms with E-state index in [0.717, 1.165) is 6.61 Å². The molecule has 12 heavy (non-hydrogen) atoms. The first kappa shape index (κ1) is 10.0. The summed E-state index contributed by atoms with van der Waals surface area (Å²) in [7, 11) is 3.99. The SMILES string of the molecule is COCCC1(C)CCN(C)CC1. The number of likely N-dealkylation sites (tertiary alicyclic amines) is 1. The Morgan fingerprint density at radius 2 is 1.92 bits per heavy atom. The van der Waals surface area contributed by atoms with Crippen molar-refractivity contribution < 1.29 is 4.74 Å². The van der Waals surface area contributed by atoms with E-state index in [1.54, 1.807) is 7.11 Å². The molecular formula is C10H21NO. The molecule has 1 aliphatic rings. The maximum atomic E-state index is 5.12. The van der Waals surface area contributed by atoms with Crippen LogP contribution in [0.2, 0.25) is 0 Å². The molecule has 1 fully saturated rings. The molecule has 0 N–H and O–H groups in total. The molecule has 0 radical (unpaired) electrons. The van der Waals surface area contributed by atoms with Crippen LogP contribution >= 0.6 is 0 Å². The zero-order valence-electron chi connectivity index (χ0n) is 8.60. The number of rotatable bonds is 3. The fourth-order valence-corrected chi connectivity index (χ4v) is 1.76. The van der Waals surface area contributed by atoms with Gasteiger partial charge in [-0.25, -0.2) is 0 Å². The van der Waals surface area contributed by atoms with Crippen molar-refractivity contribution in [3.8, 4) is 0 Å². The topological polar surface area (TPSA) is 12.5 Å². The summed E-state index contributed by atoms with van der Waals surface area (Å²) in [4.78, 5) is 2.41. The molecular weight excluding hydrogens is 150 g/mol. The third kappa shape index (κ3) is 2.76. The van der Waals surface area contributed by atoms with Gasteiger partial charge in [-0.3, -0.25) is 0 Å². The first-order chi connectivity index (χ1) is 5.66. The van der Waals surface area contributed by atoms with Crippen LogP contribution < -0.4 is 0 Å². The largest absolute Gasteiger partial charge is 0.385 e. The number of piperidine rings is 1. The molecule has 0 aromatic rings. The lowest BCUT2D eigenvalue weighted by molar-refractivity contribution is 0.0876. The van der Waals surface area contributed by atoms with Gasteiger partial charge in [-0.15, -0.1) is 0 Å². The number of hydrogen-bond acceptors (Lipinski definition) is 2. The Bertz CT molecular complexity index is 122. The molecule has 0 bridgehead atoms. The second kappa shape index (κ2) is 4.24. The monoisotopic (exact) mass is 171 g/mol. The van der Waals surface area contributed by atoms with Gasteiger partial charge in [-0.1, -0.05) is 6.92 Å². The standard InChI is InChI=1S/C10H21NO/c1-10(6-9-12-3)4-7-11(2)8-5-10/h4-9H2,1-3H3. The lowest BCUT2D eigenvalue weighted by atomic mass is 9.78. The zero-order valence-corrected chi connectivity index (χ0v) is 8.60. The molecule has 1 rings (SSSR count). The second-order valence-corrected chi connectivity index (χ2v) is 4.36. The molecule has 2 nitrogen and oxygen atoms in total. The minimum absolute atomic E-state index is 0.544. The summed E-state index contributed by atoms with van der Waals surface area (Å²) in [5, 5.41) is 0. The molecule has 0 saturated carbocycles. The Kier molecular flexibility index (Phi) is 3.53. The molecule has 72 valence electrons. The van der Waals surface area contributed by atoms with Gasteiger partial charge in [-0.2, -0.15) is 0 Å². The van der Waals surface area contributed by atoms with E-state index < -0.39 is 0 Å². The lowest BCUT2D eigenvalue weighted by Gasteiger charge is -2.37. The van der Waals surface area contributed by atoms with Gasteiger partial charge in [0.2, 0.25) is 0 Å². The third-order valence-corrected chi connectivity index (χ3v) is 3.10. The fourth-order valence-electron chi connectivity index (χ4n) is 1.76.